The van der Waals surface area contributed by atoms with E-state index in [-0.39, 0.29) is 24.4 Å². The molecule has 0 spiro atoms. The van der Waals surface area contributed by atoms with E-state index in [0.29, 0.717) is 4.31 Å². The fourth-order valence-corrected chi connectivity index (χ4v) is 3.74. The highest BCUT2D eigenvalue weighted by Crippen LogP contribution is 2.36. The summed E-state index contributed by atoms with van der Waals surface area (Å²) in [5.41, 5.74) is 0.201. The SMILES string of the molecule is O=C(Nc1ccc(O)c(O)c1)N1CC[C@@H]2[C@H]1C(=O)N2S(=O)(=O)O. The standard InChI is InChI=1S/C12H13N3O7S/c16-8-2-1-6(5-9(8)17)13-12(19)14-4-3-7-10(14)11(18)15(7)23(20,21)22/h1-2,5,7,10,16-17H,3-4H2,(H,13,19)(H,20,21,22)/t7-,10+/m1/s1. The maximum absolute atomic E-state index is 12.2. The molecule has 2 atom stereocenters. The van der Waals surface area contributed by atoms with Crippen LogP contribution in [0.1, 0.15) is 6.42 Å². The highest BCUT2D eigenvalue weighted by molar-refractivity contribution is 7.84. The van der Waals surface area contributed by atoms with E-state index in [1.165, 1.54) is 17.0 Å². The second-order valence-electron chi connectivity index (χ2n) is 5.24. The van der Waals surface area contributed by atoms with Gasteiger partial charge in [-0.1, -0.05) is 0 Å². The lowest BCUT2D eigenvalue weighted by Gasteiger charge is -2.42. The third kappa shape index (κ3) is 2.43. The molecule has 0 bridgehead atoms. The molecule has 2 heterocycles. The summed E-state index contributed by atoms with van der Waals surface area (Å²) in [6.45, 7) is 0.142. The van der Waals surface area contributed by atoms with Crippen molar-refractivity contribution in [1.82, 2.24) is 9.21 Å². The molecule has 11 heteroatoms. The van der Waals surface area contributed by atoms with Gasteiger partial charge in [0.25, 0.3) is 5.91 Å². The maximum Gasteiger partial charge on any atom is 0.362 e. The smallest absolute Gasteiger partial charge is 0.362 e. The van der Waals surface area contributed by atoms with Crippen LogP contribution in [0.2, 0.25) is 0 Å². The van der Waals surface area contributed by atoms with Crippen LogP contribution in [-0.4, -0.2) is 63.0 Å². The van der Waals surface area contributed by atoms with Crippen LogP contribution in [0.15, 0.2) is 18.2 Å². The third-order valence-electron chi connectivity index (χ3n) is 3.87. The number of amides is 3. The summed E-state index contributed by atoms with van der Waals surface area (Å²) < 4.78 is 31.5. The number of fused-ring (bicyclic) bond motifs is 1. The fraction of sp³-hybridized carbons (Fsp3) is 0.333. The molecular weight excluding hydrogens is 330 g/mol. The highest BCUT2D eigenvalue weighted by Gasteiger charge is 2.60. The van der Waals surface area contributed by atoms with E-state index in [2.05, 4.69) is 5.32 Å². The van der Waals surface area contributed by atoms with E-state index in [1.807, 2.05) is 0 Å². The molecule has 0 radical (unpaired) electrons. The molecule has 2 aliphatic rings. The van der Waals surface area contributed by atoms with E-state index in [0.717, 1.165) is 6.07 Å². The summed E-state index contributed by atoms with van der Waals surface area (Å²) in [6, 6.07) is 1.32. The summed E-state index contributed by atoms with van der Waals surface area (Å²) in [5.74, 6) is -1.62. The van der Waals surface area contributed by atoms with Gasteiger partial charge in [-0.25, -0.2) is 9.10 Å². The Morgan fingerprint density at radius 3 is 2.57 bits per heavy atom. The van der Waals surface area contributed by atoms with E-state index in [1.54, 1.807) is 0 Å². The van der Waals surface area contributed by atoms with Crippen molar-refractivity contribution in [2.45, 2.75) is 18.5 Å². The number of aromatic hydroxyl groups is 2. The van der Waals surface area contributed by atoms with Gasteiger partial charge >= 0.3 is 16.3 Å². The fourth-order valence-electron chi connectivity index (χ4n) is 2.84. The predicted molar refractivity (Wildman–Crippen MR) is 76.1 cm³/mol. The number of carbonyl (C=O) groups excluding carboxylic acids is 2. The van der Waals surface area contributed by atoms with E-state index >= 15 is 0 Å². The molecule has 0 aliphatic carbocycles. The van der Waals surface area contributed by atoms with Crippen molar-refractivity contribution in [2.75, 3.05) is 11.9 Å². The number of urea groups is 1. The van der Waals surface area contributed by atoms with E-state index in [9.17, 15) is 28.2 Å². The number of nitrogens with one attached hydrogen (secondary N) is 1. The number of hydrogen-bond donors (Lipinski definition) is 4. The van der Waals surface area contributed by atoms with Crippen molar-refractivity contribution in [2.24, 2.45) is 0 Å². The van der Waals surface area contributed by atoms with Gasteiger partial charge in [0.15, 0.2) is 11.5 Å². The summed E-state index contributed by atoms with van der Waals surface area (Å²) in [6.07, 6.45) is 0.227. The number of hydrogen-bond acceptors (Lipinski definition) is 6. The zero-order valence-corrected chi connectivity index (χ0v) is 12.4. The van der Waals surface area contributed by atoms with Crippen molar-refractivity contribution in [3.05, 3.63) is 18.2 Å². The number of rotatable bonds is 2. The zero-order chi connectivity index (χ0) is 16.9. The van der Waals surface area contributed by atoms with Crippen molar-refractivity contribution in [3.63, 3.8) is 0 Å². The van der Waals surface area contributed by atoms with Crippen LogP contribution < -0.4 is 5.32 Å². The number of β-lactam (4-membered cyclic amide) rings is 1. The zero-order valence-electron chi connectivity index (χ0n) is 11.6. The Morgan fingerprint density at radius 2 is 1.96 bits per heavy atom. The second kappa shape index (κ2) is 4.99. The summed E-state index contributed by atoms with van der Waals surface area (Å²) in [4.78, 5) is 25.2. The Morgan fingerprint density at radius 1 is 1.26 bits per heavy atom. The van der Waals surface area contributed by atoms with Crippen LogP contribution in [0.3, 0.4) is 0 Å². The average Bonchev–Trinajstić information content (AvgIpc) is 2.80. The molecule has 124 valence electrons. The molecule has 0 aromatic heterocycles. The number of nitrogens with zero attached hydrogens (tertiary/aromatic N) is 2. The maximum atomic E-state index is 12.2. The third-order valence-corrected chi connectivity index (χ3v) is 4.82. The number of phenols is 2. The van der Waals surface area contributed by atoms with Crippen LogP contribution in [0.25, 0.3) is 0 Å². The lowest BCUT2D eigenvalue weighted by molar-refractivity contribution is -0.143. The Labute approximate surface area is 130 Å². The first-order valence-electron chi connectivity index (χ1n) is 6.60. The molecule has 0 saturated carbocycles. The molecule has 10 nitrogen and oxygen atoms in total. The largest absolute Gasteiger partial charge is 0.504 e. The van der Waals surface area contributed by atoms with Gasteiger partial charge in [0, 0.05) is 18.3 Å². The quantitative estimate of drug-likeness (QED) is 0.250. The molecule has 1 aromatic carbocycles. The summed E-state index contributed by atoms with van der Waals surface area (Å²) >= 11 is 0. The molecule has 1 aromatic rings. The summed E-state index contributed by atoms with van der Waals surface area (Å²) in [5, 5.41) is 21.0. The number of benzene rings is 1. The molecular formula is C12H13N3O7S. The van der Waals surface area contributed by atoms with Crippen molar-refractivity contribution < 1.29 is 32.8 Å². The van der Waals surface area contributed by atoms with Gasteiger partial charge in [0.05, 0.1) is 6.04 Å². The Hall–Kier alpha value is -2.53. The normalized spacial score (nSPS) is 23.4. The molecule has 4 N–H and O–H groups in total. The predicted octanol–water partition coefficient (Wildman–Crippen LogP) is -0.282. The molecule has 3 amide bonds. The van der Waals surface area contributed by atoms with Gasteiger partial charge in [-0.2, -0.15) is 8.42 Å². The van der Waals surface area contributed by atoms with Crippen LogP contribution in [0.5, 0.6) is 11.5 Å². The van der Waals surface area contributed by atoms with Crippen LogP contribution in [0.4, 0.5) is 10.5 Å². The Balaban J connectivity index is 1.73. The molecule has 0 unspecified atom stereocenters. The van der Waals surface area contributed by atoms with Crippen LogP contribution >= 0.6 is 0 Å². The number of carbonyl (C=O) groups is 2. The van der Waals surface area contributed by atoms with Gasteiger partial charge in [-0.05, 0) is 18.6 Å². The average molecular weight is 343 g/mol. The van der Waals surface area contributed by atoms with Gasteiger partial charge in [-0.15, -0.1) is 0 Å². The highest BCUT2D eigenvalue weighted by atomic mass is 32.2. The molecule has 2 aliphatic heterocycles. The topological polar surface area (TPSA) is 147 Å². The lowest BCUT2D eigenvalue weighted by Crippen LogP contribution is -2.68. The van der Waals surface area contributed by atoms with Gasteiger partial charge < -0.3 is 20.4 Å². The monoisotopic (exact) mass is 343 g/mol. The molecule has 2 saturated heterocycles. The van der Waals surface area contributed by atoms with Gasteiger partial charge in [-0.3, -0.25) is 9.35 Å². The molecule has 2 fully saturated rings. The molecule has 3 rings (SSSR count). The molecule has 23 heavy (non-hydrogen) atoms. The second-order valence-corrected chi connectivity index (χ2v) is 6.53. The Bertz CT molecular complexity index is 794. The lowest BCUT2D eigenvalue weighted by atomic mass is 10.0. The number of anilines is 1. The van der Waals surface area contributed by atoms with Crippen LogP contribution in [0, 0.1) is 0 Å². The van der Waals surface area contributed by atoms with Crippen molar-refractivity contribution in [3.8, 4) is 11.5 Å². The number of likely N-dealkylation sites (tertiary alicyclic amines) is 1. The first-order valence-corrected chi connectivity index (χ1v) is 8.00. The van der Waals surface area contributed by atoms with Crippen molar-refractivity contribution in [1.29, 1.82) is 0 Å². The summed E-state index contributed by atoms with van der Waals surface area (Å²) in [7, 11) is -4.62. The van der Waals surface area contributed by atoms with Crippen LogP contribution in [-0.2, 0) is 15.1 Å². The van der Waals surface area contributed by atoms with Crippen molar-refractivity contribution >= 4 is 27.9 Å². The van der Waals surface area contributed by atoms with Gasteiger partial charge in [0.2, 0.25) is 0 Å². The van der Waals surface area contributed by atoms with E-state index < -0.39 is 40.1 Å². The number of phenolic OH excluding ortho intramolecular Hbond substituents is 2. The van der Waals surface area contributed by atoms with Gasteiger partial charge in [0.1, 0.15) is 6.04 Å². The minimum absolute atomic E-state index is 0.142. The van der Waals surface area contributed by atoms with E-state index in [4.69, 9.17) is 4.55 Å². The first kappa shape index (κ1) is 15.4. The minimum atomic E-state index is -4.62. The first-order chi connectivity index (χ1) is 10.7. The Kier molecular flexibility index (Phi) is 3.34. The minimum Gasteiger partial charge on any atom is -0.504 e.